The molecule has 0 amide bonds. The number of aliphatic carboxylic acids is 1. The predicted molar refractivity (Wildman–Crippen MR) is 160 cm³/mol. The molecule has 2 aliphatic carbocycles. The van der Waals surface area contributed by atoms with Crippen LogP contribution in [0.1, 0.15) is 69.8 Å². The molecule has 1 saturated carbocycles. The van der Waals surface area contributed by atoms with Crippen LogP contribution in [0.15, 0.2) is 47.7 Å². The molecule has 2 aliphatic heterocycles. The fourth-order valence-corrected chi connectivity index (χ4v) is 7.44. The van der Waals surface area contributed by atoms with E-state index < -0.39 is 17.7 Å². The van der Waals surface area contributed by atoms with Gasteiger partial charge in [0.15, 0.2) is 12.6 Å². The number of hydrogen-bond acceptors (Lipinski definition) is 7. The molecule has 2 heterocycles. The third kappa shape index (κ3) is 9.40. The fraction of sp³-hybridized carbons (Fsp3) is 0.667. The van der Waals surface area contributed by atoms with E-state index in [2.05, 4.69) is 6.08 Å². The van der Waals surface area contributed by atoms with Crippen LogP contribution in [0, 0.1) is 17.8 Å². The number of allylic oxidation sites excluding steroid dienone is 2. The summed E-state index contributed by atoms with van der Waals surface area (Å²) in [5.74, 6) is 1.55. The Balaban J connectivity index is 1.32. The van der Waals surface area contributed by atoms with Crippen LogP contribution < -0.4 is 4.74 Å². The molecule has 2 saturated heterocycles. The number of carboxylic acids is 1. The van der Waals surface area contributed by atoms with Gasteiger partial charge in [-0.3, -0.25) is 4.79 Å². The predicted octanol–water partition coefficient (Wildman–Crippen LogP) is 7.60. The highest BCUT2D eigenvalue weighted by atomic mass is 32.2. The minimum absolute atomic E-state index is 0.0613. The smallest absolute Gasteiger partial charge is 0.416 e. The van der Waals surface area contributed by atoms with E-state index >= 15 is 0 Å². The van der Waals surface area contributed by atoms with Crippen molar-refractivity contribution in [2.45, 2.75) is 89.1 Å². The zero-order valence-corrected chi connectivity index (χ0v) is 25.8. The first-order valence-electron chi connectivity index (χ1n) is 15.8. The van der Waals surface area contributed by atoms with Gasteiger partial charge in [0.1, 0.15) is 11.5 Å². The molecule has 1 N–H and O–H groups in total. The van der Waals surface area contributed by atoms with Gasteiger partial charge >= 0.3 is 12.1 Å². The summed E-state index contributed by atoms with van der Waals surface area (Å²) < 4.78 is 70.4. The Morgan fingerprint density at radius 3 is 2.57 bits per heavy atom. The quantitative estimate of drug-likeness (QED) is 0.126. The normalized spacial score (nSPS) is 29.2. The molecular formula is C33H43F3O7S. The highest BCUT2D eigenvalue weighted by molar-refractivity contribution is 7.99. The lowest BCUT2D eigenvalue weighted by Gasteiger charge is -2.33. The summed E-state index contributed by atoms with van der Waals surface area (Å²) in [5.41, 5.74) is 0.604. The monoisotopic (exact) mass is 640 g/mol. The molecule has 4 aliphatic rings. The van der Waals surface area contributed by atoms with Gasteiger partial charge in [-0.1, -0.05) is 17.7 Å². The number of fused-ring (bicyclic) bond motifs is 1. The molecule has 2 unspecified atom stereocenters. The molecule has 1 aromatic rings. The first kappa shape index (κ1) is 33.2. The molecule has 3 fully saturated rings. The van der Waals surface area contributed by atoms with Crippen LogP contribution in [0.5, 0.6) is 5.75 Å². The van der Waals surface area contributed by atoms with E-state index in [1.807, 2.05) is 6.08 Å². The van der Waals surface area contributed by atoms with Crippen molar-refractivity contribution in [1.29, 1.82) is 0 Å². The Bertz CT molecular complexity index is 1140. The van der Waals surface area contributed by atoms with Crippen LogP contribution in [0.2, 0.25) is 0 Å². The molecule has 0 radical (unpaired) electrons. The molecule has 11 heteroatoms. The minimum atomic E-state index is -4.43. The summed E-state index contributed by atoms with van der Waals surface area (Å²) in [6, 6.07) is 4.93. The maximum Gasteiger partial charge on any atom is 0.416 e. The average molecular weight is 641 g/mol. The molecule has 44 heavy (non-hydrogen) atoms. The SMILES string of the molecule is O=C(O)CSCCC1=C[C@@H]2[C@H](C1)C[C@H](OC1CCCCO1)[C@H]2C(=CCCOc1cccc(C(F)(F)F)c1)OC1CCCCO1. The molecule has 6 atom stereocenters. The number of alkyl halides is 3. The molecule has 5 rings (SSSR count). The number of benzene rings is 1. The Kier molecular flexibility index (Phi) is 12.0. The van der Waals surface area contributed by atoms with Crippen molar-refractivity contribution in [1.82, 2.24) is 0 Å². The summed E-state index contributed by atoms with van der Waals surface area (Å²) >= 11 is 1.43. The van der Waals surface area contributed by atoms with Crippen LogP contribution in [0.25, 0.3) is 0 Å². The molecule has 1 aromatic carbocycles. The fourth-order valence-electron chi connectivity index (χ4n) is 6.71. The largest absolute Gasteiger partial charge is 0.493 e. The molecule has 0 aromatic heterocycles. The molecule has 0 spiro atoms. The third-order valence-corrected chi connectivity index (χ3v) is 9.68. The Morgan fingerprint density at radius 1 is 1.09 bits per heavy atom. The van der Waals surface area contributed by atoms with Crippen molar-refractivity contribution in [3.05, 3.63) is 53.3 Å². The van der Waals surface area contributed by atoms with Gasteiger partial charge in [-0.25, -0.2) is 0 Å². The Labute approximate surface area is 261 Å². The van der Waals surface area contributed by atoms with E-state index in [0.29, 0.717) is 25.6 Å². The second-order valence-corrected chi connectivity index (χ2v) is 13.1. The van der Waals surface area contributed by atoms with Gasteiger partial charge in [-0.15, -0.1) is 11.8 Å². The minimum Gasteiger partial charge on any atom is -0.493 e. The first-order chi connectivity index (χ1) is 21.3. The second-order valence-electron chi connectivity index (χ2n) is 12.0. The van der Waals surface area contributed by atoms with Crippen LogP contribution >= 0.6 is 11.8 Å². The van der Waals surface area contributed by atoms with Crippen LogP contribution in [0.4, 0.5) is 13.2 Å². The Morgan fingerprint density at radius 2 is 1.86 bits per heavy atom. The zero-order chi connectivity index (χ0) is 30.9. The van der Waals surface area contributed by atoms with Gasteiger partial charge in [-0.05, 0) is 93.2 Å². The van der Waals surface area contributed by atoms with Gasteiger partial charge in [0, 0.05) is 25.4 Å². The number of rotatable bonds is 14. The topological polar surface area (TPSA) is 83.5 Å². The standard InChI is InChI=1S/C33H43F3O7S/c34-33(35,36)24-7-5-8-25(20-24)39-15-6-9-27(42-30-10-1-3-13-40-30)32-26-18-22(12-16-44-21-29(37)38)17-23(26)19-28(32)43-31-11-2-4-14-41-31/h5,7-9,18,20,23,26,28,30-32H,1-4,6,10-17,19,21H2,(H,37,38)/t23-,26-,28+,30?,31?,32-/m1/s1. The summed E-state index contributed by atoms with van der Waals surface area (Å²) in [4.78, 5) is 10.9. The average Bonchev–Trinajstić information content (AvgIpc) is 3.54. The number of hydrogen-bond donors (Lipinski definition) is 1. The van der Waals surface area contributed by atoms with E-state index in [1.165, 1.54) is 29.5 Å². The van der Waals surface area contributed by atoms with Crippen molar-refractivity contribution < 1.29 is 46.8 Å². The molecule has 7 nitrogen and oxygen atoms in total. The van der Waals surface area contributed by atoms with Crippen molar-refractivity contribution in [3.8, 4) is 5.75 Å². The lowest BCUT2D eigenvalue weighted by molar-refractivity contribution is -0.200. The van der Waals surface area contributed by atoms with Gasteiger partial charge in [-0.2, -0.15) is 13.2 Å². The molecule has 244 valence electrons. The summed E-state index contributed by atoms with van der Waals surface area (Å²) in [6.07, 6.45) is 8.08. The lowest BCUT2D eigenvalue weighted by atomic mass is 9.89. The highest BCUT2D eigenvalue weighted by Crippen LogP contribution is 2.52. The first-order valence-corrected chi connectivity index (χ1v) is 17.0. The number of ether oxygens (including phenoxy) is 5. The van der Waals surface area contributed by atoms with E-state index in [-0.39, 0.29) is 48.6 Å². The summed E-state index contributed by atoms with van der Waals surface area (Å²) in [7, 11) is 0. The number of halogens is 3. The van der Waals surface area contributed by atoms with Gasteiger partial charge < -0.3 is 28.8 Å². The van der Waals surface area contributed by atoms with Gasteiger partial charge in [0.05, 0.1) is 30.6 Å². The van der Waals surface area contributed by atoms with Crippen molar-refractivity contribution in [3.63, 3.8) is 0 Å². The summed E-state index contributed by atoms with van der Waals surface area (Å²) in [6.45, 7) is 1.52. The number of carboxylic acid groups (broad SMARTS) is 1. The highest BCUT2D eigenvalue weighted by Gasteiger charge is 2.49. The number of carbonyl (C=O) groups is 1. The van der Waals surface area contributed by atoms with Crippen LogP contribution in [-0.4, -0.2) is 61.1 Å². The zero-order valence-electron chi connectivity index (χ0n) is 25.0. The van der Waals surface area contributed by atoms with Crippen LogP contribution in [0.3, 0.4) is 0 Å². The maximum absolute atomic E-state index is 13.2. The van der Waals surface area contributed by atoms with E-state index in [1.54, 1.807) is 0 Å². The third-order valence-electron chi connectivity index (χ3n) is 8.73. The second kappa shape index (κ2) is 15.9. The van der Waals surface area contributed by atoms with E-state index in [4.69, 9.17) is 28.8 Å². The summed E-state index contributed by atoms with van der Waals surface area (Å²) in [5, 5.41) is 8.98. The lowest BCUT2D eigenvalue weighted by Crippen LogP contribution is -2.34. The molecule has 0 bridgehead atoms. The van der Waals surface area contributed by atoms with Gasteiger partial charge in [0.25, 0.3) is 0 Å². The number of thioether (sulfide) groups is 1. The van der Waals surface area contributed by atoms with E-state index in [0.717, 1.165) is 81.4 Å². The Hall–Kier alpha value is -2.21. The van der Waals surface area contributed by atoms with E-state index in [9.17, 15) is 18.0 Å². The van der Waals surface area contributed by atoms with Crippen LogP contribution in [-0.2, 0) is 29.9 Å². The molecular weight excluding hydrogens is 597 g/mol. The van der Waals surface area contributed by atoms with Gasteiger partial charge in [0.2, 0.25) is 0 Å². The van der Waals surface area contributed by atoms with Crippen molar-refractivity contribution in [2.24, 2.45) is 17.8 Å². The van der Waals surface area contributed by atoms with Crippen molar-refractivity contribution >= 4 is 17.7 Å². The van der Waals surface area contributed by atoms with Crippen molar-refractivity contribution in [2.75, 3.05) is 31.3 Å². The maximum atomic E-state index is 13.2.